The van der Waals surface area contributed by atoms with E-state index in [-0.39, 0.29) is 21.4 Å². The van der Waals surface area contributed by atoms with E-state index in [9.17, 15) is 18.3 Å². The third-order valence-corrected chi connectivity index (χ3v) is 6.66. The molecule has 1 saturated heterocycles. The van der Waals surface area contributed by atoms with Crippen molar-refractivity contribution in [2.45, 2.75) is 4.90 Å². The molecule has 0 amide bonds. The molecule has 2 aromatic carbocycles. The maximum atomic E-state index is 13.2. The molecule has 3 aromatic rings. The summed E-state index contributed by atoms with van der Waals surface area (Å²) in [7, 11) is -3.97. The molecule has 0 bridgehead atoms. The summed E-state index contributed by atoms with van der Waals surface area (Å²) in [5.74, 6) is -1.22. The van der Waals surface area contributed by atoms with Crippen molar-refractivity contribution < 1.29 is 23.1 Å². The fraction of sp³-hybridized carbons (Fsp3) is 0.211. The second kappa shape index (κ2) is 7.12. The predicted molar refractivity (Wildman–Crippen MR) is 106 cm³/mol. The first kappa shape index (κ1) is 18.8. The first-order valence-corrected chi connectivity index (χ1v) is 10.4. The molecule has 0 unspecified atom stereocenters. The van der Waals surface area contributed by atoms with Crippen LogP contribution in [0.4, 0.5) is 5.69 Å². The van der Waals surface area contributed by atoms with E-state index in [0.29, 0.717) is 18.2 Å². The maximum Gasteiger partial charge on any atom is 0.337 e. The van der Waals surface area contributed by atoms with Crippen LogP contribution >= 0.6 is 11.6 Å². The highest BCUT2D eigenvalue weighted by molar-refractivity contribution is 7.90. The average Bonchev–Trinajstić information content (AvgIpc) is 3.08. The number of anilines is 1. The van der Waals surface area contributed by atoms with E-state index in [1.165, 1.54) is 30.3 Å². The van der Waals surface area contributed by atoms with Crippen molar-refractivity contribution in [3.8, 4) is 0 Å². The average molecular weight is 421 g/mol. The molecule has 4 rings (SSSR count). The van der Waals surface area contributed by atoms with Crippen molar-refractivity contribution in [3.05, 3.63) is 59.2 Å². The number of rotatable bonds is 4. The van der Waals surface area contributed by atoms with Crippen LogP contribution in [0.3, 0.4) is 0 Å². The molecule has 146 valence electrons. The van der Waals surface area contributed by atoms with Gasteiger partial charge in [0.15, 0.2) is 0 Å². The van der Waals surface area contributed by atoms with Crippen LogP contribution in [0.5, 0.6) is 0 Å². The zero-order valence-electron chi connectivity index (χ0n) is 14.7. The number of fused-ring (bicyclic) bond motifs is 1. The van der Waals surface area contributed by atoms with Gasteiger partial charge in [0.05, 0.1) is 29.2 Å². The van der Waals surface area contributed by atoms with E-state index in [4.69, 9.17) is 16.3 Å². The third-order valence-electron chi connectivity index (χ3n) is 4.73. The lowest BCUT2D eigenvalue weighted by molar-refractivity contribution is 0.0699. The van der Waals surface area contributed by atoms with Crippen molar-refractivity contribution in [3.63, 3.8) is 0 Å². The van der Waals surface area contributed by atoms with Crippen LogP contribution < -0.4 is 4.90 Å². The van der Waals surface area contributed by atoms with E-state index < -0.39 is 16.0 Å². The van der Waals surface area contributed by atoms with Crippen molar-refractivity contribution in [2.24, 2.45) is 0 Å². The second-order valence-electron chi connectivity index (χ2n) is 6.40. The molecule has 28 heavy (non-hydrogen) atoms. The molecule has 0 radical (unpaired) electrons. The lowest BCUT2D eigenvalue weighted by Gasteiger charge is -2.28. The molecule has 1 aliphatic rings. The van der Waals surface area contributed by atoms with Gasteiger partial charge in [0, 0.05) is 35.4 Å². The number of aromatic carboxylic acids is 1. The number of ether oxygens (including phenoxy) is 1. The van der Waals surface area contributed by atoms with Gasteiger partial charge in [0.25, 0.3) is 10.0 Å². The SMILES string of the molecule is O=C(O)c1cn(S(=O)(=O)c2ccc(N3CCOCC3)cc2)c2ccc(Cl)cc12. The Morgan fingerprint density at radius 1 is 1.07 bits per heavy atom. The van der Waals surface area contributed by atoms with Crippen molar-refractivity contribution in [1.29, 1.82) is 0 Å². The standard InChI is InChI=1S/C19H17ClN2O5S/c20-13-1-6-18-16(11-13)17(19(23)24)12-22(18)28(25,26)15-4-2-14(3-5-15)21-7-9-27-10-8-21/h1-6,11-12H,7-10H2,(H,23,24). The number of nitrogens with zero attached hydrogens (tertiary/aromatic N) is 2. The normalized spacial score (nSPS) is 15.1. The molecular formula is C19H17ClN2O5S. The highest BCUT2D eigenvalue weighted by Crippen LogP contribution is 2.29. The number of carbonyl (C=O) groups is 1. The fourth-order valence-corrected chi connectivity index (χ4v) is 4.85. The van der Waals surface area contributed by atoms with Crippen LogP contribution in [0.25, 0.3) is 10.9 Å². The monoisotopic (exact) mass is 420 g/mol. The maximum absolute atomic E-state index is 13.2. The van der Waals surface area contributed by atoms with E-state index in [1.807, 2.05) is 0 Å². The summed E-state index contributed by atoms with van der Waals surface area (Å²) >= 11 is 5.96. The highest BCUT2D eigenvalue weighted by atomic mass is 35.5. The van der Waals surface area contributed by atoms with Crippen LogP contribution in [0.2, 0.25) is 5.02 Å². The Labute approximate surface area is 166 Å². The molecular weight excluding hydrogens is 404 g/mol. The van der Waals surface area contributed by atoms with Crippen molar-refractivity contribution >= 4 is 44.2 Å². The van der Waals surface area contributed by atoms with Crippen molar-refractivity contribution in [2.75, 3.05) is 31.2 Å². The molecule has 1 aliphatic heterocycles. The summed E-state index contributed by atoms with van der Waals surface area (Å²) in [5.41, 5.74) is 1.06. The Bertz CT molecular complexity index is 1150. The van der Waals surface area contributed by atoms with E-state index in [1.54, 1.807) is 12.1 Å². The summed E-state index contributed by atoms with van der Waals surface area (Å²) in [5, 5.41) is 10.0. The Balaban J connectivity index is 1.77. The van der Waals surface area contributed by atoms with Gasteiger partial charge >= 0.3 is 5.97 Å². The van der Waals surface area contributed by atoms with Gasteiger partial charge in [0.2, 0.25) is 0 Å². The van der Waals surface area contributed by atoms with Gasteiger partial charge in [0.1, 0.15) is 0 Å². The Kier molecular flexibility index (Phi) is 4.78. The van der Waals surface area contributed by atoms with Crippen LogP contribution in [0.1, 0.15) is 10.4 Å². The fourth-order valence-electron chi connectivity index (χ4n) is 3.31. The van der Waals surface area contributed by atoms with E-state index >= 15 is 0 Å². The molecule has 9 heteroatoms. The topological polar surface area (TPSA) is 88.8 Å². The zero-order chi connectivity index (χ0) is 19.9. The van der Waals surface area contributed by atoms with Crippen LogP contribution in [0, 0.1) is 0 Å². The second-order valence-corrected chi connectivity index (χ2v) is 8.65. The van der Waals surface area contributed by atoms with Gasteiger partial charge in [-0.15, -0.1) is 0 Å². The Morgan fingerprint density at radius 2 is 1.75 bits per heavy atom. The van der Waals surface area contributed by atoms with Gasteiger partial charge in [-0.1, -0.05) is 11.6 Å². The molecule has 0 spiro atoms. The van der Waals surface area contributed by atoms with Gasteiger partial charge in [-0.3, -0.25) is 0 Å². The van der Waals surface area contributed by atoms with E-state index in [0.717, 1.165) is 28.9 Å². The molecule has 7 nitrogen and oxygen atoms in total. The summed E-state index contributed by atoms with van der Waals surface area (Å²) in [4.78, 5) is 13.8. The third kappa shape index (κ3) is 3.23. The van der Waals surface area contributed by atoms with Gasteiger partial charge in [-0.05, 0) is 42.5 Å². The molecule has 2 heterocycles. The highest BCUT2D eigenvalue weighted by Gasteiger charge is 2.24. The zero-order valence-corrected chi connectivity index (χ0v) is 16.3. The molecule has 1 fully saturated rings. The number of aromatic nitrogens is 1. The summed E-state index contributed by atoms with van der Waals surface area (Å²) < 4.78 is 32.6. The first-order valence-electron chi connectivity index (χ1n) is 8.60. The molecule has 0 saturated carbocycles. The number of halogens is 1. The minimum Gasteiger partial charge on any atom is -0.478 e. The smallest absolute Gasteiger partial charge is 0.337 e. The summed E-state index contributed by atoms with van der Waals surface area (Å²) in [6.07, 6.45) is 1.12. The first-order chi connectivity index (χ1) is 13.4. The lowest BCUT2D eigenvalue weighted by Crippen LogP contribution is -2.36. The number of benzene rings is 2. The number of carboxylic acids is 1. The van der Waals surface area contributed by atoms with Crippen LogP contribution in [-0.4, -0.2) is 49.8 Å². The van der Waals surface area contributed by atoms with Crippen molar-refractivity contribution in [1.82, 2.24) is 3.97 Å². The van der Waals surface area contributed by atoms with Gasteiger partial charge in [-0.2, -0.15) is 0 Å². The molecule has 1 N–H and O–H groups in total. The van der Waals surface area contributed by atoms with Gasteiger partial charge < -0.3 is 14.7 Å². The van der Waals surface area contributed by atoms with Crippen LogP contribution in [-0.2, 0) is 14.8 Å². The predicted octanol–water partition coefficient (Wildman–Crippen LogP) is 3.07. The van der Waals surface area contributed by atoms with Gasteiger partial charge in [-0.25, -0.2) is 17.2 Å². The largest absolute Gasteiger partial charge is 0.478 e. The number of carboxylic acid groups (broad SMARTS) is 1. The minimum atomic E-state index is -3.97. The summed E-state index contributed by atoms with van der Waals surface area (Å²) in [6, 6.07) is 11.0. The number of hydrogen-bond donors (Lipinski definition) is 1. The molecule has 0 aliphatic carbocycles. The minimum absolute atomic E-state index is 0.0771. The molecule has 0 atom stereocenters. The molecule has 1 aromatic heterocycles. The number of hydrogen-bond acceptors (Lipinski definition) is 5. The van der Waals surface area contributed by atoms with Crippen LogP contribution in [0.15, 0.2) is 53.6 Å². The summed E-state index contributed by atoms with van der Waals surface area (Å²) in [6.45, 7) is 2.76. The lowest BCUT2D eigenvalue weighted by atomic mass is 10.2. The Hall–Kier alpha value is -2.55. The number of morpholine rings is 1. The quantitative estimate of drug-likeness (QED) is 0.697. The Morgan fingerprint density at radius 3 is 2.39 bits per heavy atom. The van der Waals surface area contributed by atoms with E-state index in [2.05, 4.69) is 4.90 Å².